The van der Waals surface area contributed by atoms with Crippen LogP contribution >= 0.6 is 11.6 Å². The second-order valence-corrected chi connectivity index (χ2v) is 8.42. The van der Waals surface area contributed by atoms with E-state index in [0.717, 1.165) is 5.56 Å². The second-order valence-electron chi connectivity index (χ2n) is 6.08. The summed E-state index contributed by atoms with van der Waals surface area (Å²) >= 11 is 6.15. The minimum Gasteiger partial charge on any atom is -0.375 e. The van der Waals surface area contributed by atoms with Gasteiger partial charge in [0.15, 0.2) is 0 Å². The van der Waals surface area contributed by atoms with Crippen molar-refractivity contribution >= 4 is 27.5 Å². The highest BCUT2D eigenvalue weighted by molar-refractivity contribution is 7.89. The molecule has 1 N–H and O–H groups in total. The van der Waals surface area contributed by atoms with Gasteiger partial charge in [-0.05, 0) is 23.8 Å². The van der Waals surface area contributed by atoms with E-state index in [0.29, 0.717) is 13.1 Å². The van der Waals surface area contributed by atoms with Gasteiger partial charge in [-0.2, -0.15) is 4.31 Å². The zero-order valence-electron chi connectivity index (χ0n) is 16.2. The molecule has 0 saturated heterocycles. The molecule has 8 heteroatoms. The molecular formula is C20H25ClN2O4S. The Kier molecular flexibility index (Phi) is 8.00. The van der Waals surface area contributed by atoms with E-state index >= 15 is 0 Å². The van der Waals surface area contributed by atoms with Crippen molar-refractivity contribution in [1.29, 1.82) is 0 Å². The summed E-state index contributed by atoms with van der Waals surface area (Å²) in [7, 11) is -2.12. The number of carbonyl (C=O) groups is 1. The predicted molar refractivity (Wildman–Crippen MR) is 110 cm³/mol. The Labute approximate surface area is 171 Å². The van der Waals surface area contributed by atoms with Gasteiger partial charge in [0.1, 0.15) is 0 Å². The normalized spacial score (nSPS) is 12.8. The van der Waals surface area contributed by atoms with Crippen molar-refractivity contribution < 1.29 is 17.9 Å². The van der Waals surface area contributed by atoms with Crippen molar-refractivity contribution in [3.05, 3.63) is 64.7 Å². The van der Waals surface area contributed by atoms with Crippen LogP contribution in [-0.4, -0.2) is 45.4 Å². The SMILES string of the molecule is CCN(CC)S(=O)(=O)c1ccc(Cl)c(C(=O)NCC(OC)c2ccccc2)c1. The van der Waals surface area contributed by atoms with Crippen LogP contribution in [0.3, 0.4) is 0 Å². The lowest BCUT2D eigenvalue weighted by atomic mass is 10.1. The molecule has 2 aromatic carbocycles. The topological polar surface area (TPSA) is 75.7 Å². The largest absolute Gasteiger partial charge is 0.375 e. The Balaban J connectivity index is 2.21. The molecule has 0 saturated carbocycles. The number of nitrogens with zero attached hydrogens (tertiary/aromatic N) is 1. The van der Waals surface area contributed by atoms with Crippen molar-refractivity contribution in [2.75, 3.05) is 26.7 Å². The first-order valence-corrected chi connectivity index (χ1v) is 10.8. The minimum atomic E-state index is -3.68. The first-order chi connectivity index (χ1) is 13.3. The molecule has 2 rings (SSSR count). The lowest BCUT2D eigenvalue weighted by Crippen LogP contribution is -2.32. The first kappa shape index (κ1) is 22.4. The monoisotopic (exact) mass is 424 g/mol. The number of halogens is 1. The maximum Gasteiger partial charge on any atom is 0.252 e. The van der Waals surface area contributed by atoms with Crippen molar-refractivity contribution in [1.82, 2.24) is 9.62 Å². The Bertz CT molecular complexity index is 900. The summed E-state index contributed by atoms with van der Waals surface area (Å²) in [5.41, 5.74) is 1.03. The van der Waals surface area contributed by atoms with Crippen LogP contribution in [0, 0.1) is 0 Å². The smallest absolute Gasteiger partial charge is 0.252 e. The molecule has 0 heterocycles. The molecule has 0 aliphatic rings. The third kappa shape index (κ3) is 5.11. The summed E-state index contributed by atoms with van der Waals surface area (Å²) in [5.74, 6) is -0.459. The van der Waals surface area contributed by atoms with E-state index < -0.39 is 15.9 Å². The summed E-state index contributed by atoms with van der Waals surface area (Å²) in [6, 6.07) is 13.6. The van der Waals surface area contributed by atoms with Crippen LogP contribution in [0.15, 0.2) is 53.4 Å². The van der Waals surface area contributed by atoms with Gasteiger partial charge >= 0.3 is 0 Å². The van der Waals surface area contributed by atoms with E-state index in [9.17, 15) is 13.2 Å². The van der Waals surface area contributed by atoms with Crippen LogP contribution in [0.4, 0.5) is 0 Å². The molecule has 1 unspecified atom stereocenters. The van der Waals surface area contributed by atoms with Crippen LogP contribution in [0.25, 0.3) is 0 Å². The molecule has 0 aromatic heterocycles. The van der Waals surface area contributed by atoms with Crippen molar-refractivity contribution in [2.45, 2.75) is 24.8 Å². The molecule has 152 valence electrons. The Morgan fingerprint density at radius 2 is 1.79 bits per heavy atom. The number of nitrogens with one attached hydrogen (secondary N) is 1. The van der Waals surface area contributed by atoms with Crippen molar-refractivity contribution in [3.63, 3.8) is 0 Å². The average Bonchev–Trinajstić information content (AvgIpc) is 2.70. The zero-order valence-corrected chi connectivity index (χ0v) is 17.8. The molecule has 0 bridgehead atoms. The highest BCUT2D eigenvalue weighted by Gasteiger charge is 2.24. The lowest BCUT2D eigenvalue weighted by molar-refractivity contribution is 0.0828. The summed E-state index contributed by atoms with van der Waals surface area (Å²) in [5, 5.41) is 2.95. The minimum absolute atomic E-state index is 0.0390. The van der Waals surface area contributed by atoms with Crippen molar-refractivity contribution in [3.8, 4) is 0 Å². The molecule has 28 heavy (non-hydrogen) atoms. The van der Waals surface area contributed by atoms with E-state index in [1.54, 1.807) is 21.0 Å². The highest BCUT2D eigenvalue weighted by Crippen LogP contribution is 2.23. The van der Waals surface area contributed by atoms with Crippen LogP contribution in [0.1, 0.15) is 35.9 Å². The van der Waals surface area contributed by atoms with Crippen LogP contribution in [0.5, 0.6) is 0 Å². The van der Waals surface area contributed by atoms with Gasteiger partial charge < -0.3 is 10.1 Å². The van der Waals surface area contributed by atoms with E-state index in [4.69, 9.17) is 16.3 Å². The summed E-state index contributed by atoms with van der Waals surface area (Å²) in [6.07, 6.45) is -0.327. The third-order valence-corrected chi connectivity index (χ3v) is 6.81. The van der Waals surface area contributed by atoms with Gasteiger partial charge in [0.25, 0.3) is 5.91 Å². The van der Waals surface area contributed by atoms with Gasteiger partial charge in [-0.25, -0.2) is 8.42 Å². The summed E-state index contributed by atoms with van der Waals surface area (Å²) in [4.78, 5) is 12.7. The van der Waals surface area contributed by atoms with E-state index in [1.165, 1.54) is 22.5 Å². The Morgan fingerprint density at radius 1 is 1.14 bits per heavy atom. The summed E-state index contributed by atoms with van der Waals surface area (Å²) in [6.45, 7) is 4.44. The predicted octanol–water partition coefficient (Wildman–Crippen LogP) is 3.49. The standard InChI is InChI=1S/C20H25ClN2O4S/c1-4-23(5-2)28(25,26)16-11-12-18(21)17(13-16)20(24)22-14-19(27-3)15-9-7-6-8-10-15/h6-13,19H,4-5,14H2,1-3H3,(H,22,24). The fraction of sp³-hybridized carbons (Fsp3) is 0.350. The number of benzene rings is 2. The van der Waals surface area contributed by atoms with E-state index in [-0.39, 0.29) is 28.1 Å². The number of rotatable bonds is 9. The van der Waals surface area contributed by atoms with Gasteiger partial charge in [-0.1, -0.05) is 55.8 Å². The fourth-order valence-corrected chi connectivity index (χ4v) is 4.53. The van der Waals surface area contributed by atoms with Gasteiger partial charge in [-0.3, -0.25) is 4.79 Å². The Morgan fingerprint density at radius 3 is 2.36 bits per heavy atom. The zero-order chi connectivity index (χ0) is 20.7. The maximum absolute atomic E-state index is 12.7. The van der Waals surface area contributed by atoms with Gasteiger partial charge in [0, 0.05) is 26.7 Å². The average molecular weight is 425 g/mol. The highest BCUT2D eigenvalue weighted by atomic mass is 35.5. The van der Waals surface area contributed by atoms with Crippen molar-refractivity contribution in [2.24, 2.45) is 0 Å². The molecule has 0 aliphatic heterocycles. The molecule has 0 spiro atoms. The molecule has 0 fully saturated rings. The summed E-state index contributed by atoms with van der Waals surface area (Å²) < 4.78 is 32.2. The molecule has 0 aliphatic carbocycles. The molecular weight excluding hydrogens is 400 g/mol. The second kappa shape index (κ2) is 10.0. The fourth-order valence-electron chi connectivity index (χ4n) is 2.84. The lowest BCUT2D eigenvalue weighted by Gasteiger charge is -2.19. The molecule has 0 radical (unpaired) electrons. The van der Waals surface area contributed by atoms with E-state index in [2.05, 4.69) is 5.32 Å². The number of carbonyl (C=O) groups excluding carboxylic acids is 1. The quantitative estimate of drug-likeness (QED) is 0.668. The van der Waals surface area contributed by atoms with Crippen LogP contribution in [-0.2, 0) is 14.8 Å². The number of hydrogen-bond acceptors (Lipinski definition) is 4. The third-order valence-electron chi connectivity index (χ3n) is 4.43. The van der Waals surface area contributed by atoms with Crippen LogP contribution in [0.2, 0.25) is 5.02 Å². The van der Waals surface area contributed by atoms with Crippen LogP contribution < -0.4 is 5.32 Å². The number of amides is 1. The number of hydrogen-bond donors (Lipinski definition) is 1. The number of methoxy groups -OCH3 is 1. The maximum atomic E-state index is 12.7. The van der Waals surface area contributed by atoms with E-state index in [1.807, 2.05) is 30.3 Å². The number of ether oxygens (including phenoxy) is 1. The molecule has 1 amide bonds. The van der Waals surface area contributed by atoms with Gasteiger partial charge in [-0.15, -0.1) is 0 Å². The van der Waals surface area contributed by atoms with Gasteiger partial charge in [0.2, 0.25) is 10.0 Å². The Hall–Kier alpha value is -1.93. The molecule has 1 atom stereocenters. The molecule has 6 nitrogen and oxygen atoms in total. The number of sulfonamides is 1. The molecule has 2 aromatic rings. The van der Waals surface area contributed by atoms with Gasteiger partial charge in [0.05, 0.1) is 21.6 Å². The first-order valence-electron chi connectivity index (χ1n) is 9.00.